The molecule has 1 N–H and O–H groups in total. The third kappa shape index (κ3) is 6.89. The summed E-state index contributed by atoms with van der Waals surface area (Å²) in [6.07, 6.45) is 1.01. The van der Waals surface area contributed by atoms with Gasteiger partial charge in [-0.15, -0.1) is 0 Å². The maximum Gasteiger partial charge on any atom is 0.241 e. The highest BCUT2D eigenvalue weighted by atomic mass is 35.5. The molecule has 0 fully saturated rings. The molecule has 0 saturated heterocycles. The number of anilines is 1. The average Bonchev–Trinajstić information content (AvgIpc) is 2.57. The summed E-state index contributed by atoms with van der Waals surface area (Å²) in [5.41, 5.74) is 1.34. The lowest BCUT2D eigenvalue weighted by molar-refractivity contribution is -0.120. The normalized spacial score (nSPS) is 12.3. The number of nitrogens with zero attached hydrogens (tertiary/aromatic N) is 1. The quantitative estimate of drug-likeness (QED) is 0.673. The minimum atomic E-state index is -3.72. The maximum atomic E-state index is 12.4. The minimum Gasteiger partial charge on any atom is -0.491 e. The van der Waals surface area contributed by atoms with Crippen LogP contribution in [0.5, 0.6) is 5.75 Å². The average molecular weight is 445 g/mol. The molecule has 28 heavy (non-hydrogen) atoms. The van der Waals surface area contributed by atoms with Crippen molar-refractivity contribution in [3.05, 3.63) is 58.1 Å². The van der Waals surface area contributed by atoms with Crippen LogP contribution in [0.1, 0.15) is 12.5 Å². The van der Waals surface area contributed by atoms with Gasteiger partial charge in [-0.1, -0.05) is 40.9 Å². The van der Waals surface area contributed by atoms with E-state index in [4.69, 9.17) is 27.9 Å². The molecule has 2 rings (SSSR count). The van der Waals surface area contributed by atoms with Gasteiger partial charge in [0.15, 0.2) is 0 Å². The molecule has 0 spiro atoms. The fourth-order valence-electron chi connectivity index (χ4n) is 2.43. The monoisotopic (exact) mass is 444 g/mol. The molecule has 6 nitrogen and oxygen atoms in total. The molecule has 0 saturated carbocycles. The second-order valence-corrected chi connectivity index (χ2v) is 9.27. The fourth-order valence-corrected chi connectivity index (χ4v) is 3.79. The van der Waals surface area contributed by atoms with E-state index in [-0.39, 0.29) is 28.4 Å². The van der Waals surface area contributed by atoms with Crippen LogP contribution < -0.4 is 14.4 Å². The molecule has 2 aromatic carbocycles. The number of rotatable bonds is 8. The number of amides is 1. The molecule has 152 valence electrons. The van der Waals surface area contributed by atoms with Crippen molar-refractivity contribution < 1.29 is 17.9 Å². The molecule has 0 bridgehead atoms. The van der Waals surface area contributed by atoms with E-state index in [0.29, 0.717) is 5.75 Å². The first-order valence-corrected chi connectivity index (χ1v) is 11.1. The molecule has 0 aliphatic carbocycles. The number of sulfonamides is 1. The molecule has 1 atom stereocenters. The van der Waals surface area contributed by atoms with Gasteiger partial charge >= 0.3 is 0 Å². The van der Waals surface area contributed by atoms with Gasteiger partial charge in [-0.2, -0.15) is 0 Å². The topological polar surface area (TPSA) is 75.7 Å². The van der Waals surface area contributed by atoms with E-state index in [1.807, 2.05) is 31.2 Å². The number of ether oxygens (including phenoxy) is 1. The number of nitrogens with one attached hydrogen (secondary N) is 1. The largest absolute Gasteiger partial charge is 0.491 e. The van der Waals surface area contributed by atoms with Crippen LogP contribution in [0.15, 0.2) is 42.5 Å². The lowest BCUT2D eigenvalue weighted by Gasteiger charge is -2.23. The second kappa shape index (κ2) is 9.49. The number of carbonyl (C=O) groups excluding carboxylic acids is 1. The van der Waals surface area contributed by atoms with Gasteiger partial charge < -0.3 is 10.1 Å². The number of halogens is 2. The summed E-state index contributed by atoms with van der Waals surface area (Å²) >= 11 is 11.9. The summed E-state index contributed by atoms with van der Waals surface area (Å²) < 4.78 is 30.9. The lowest BCUT2D eigenvalue weighted by atomic mass is 10.2. The molecule has 0 aliphatic heterocycles. The first kappa shape index (κ1) is 22.3. The second-order valence-electron chi connectivity index (χ2n) is 6.49. The third-order valence-electron chi connectivity index (χ3n) is 3.75. The molecule has 0 radical (unpaired) electrons. The summed E-state index contributed by atoms with van der Waals surface area (Å²) in [6, 6.07) is 11.6. The van der Waals surface area contributed by atoms with Gasteiger partial charge in [0, 0.05) is 10.0 Å². The molecule has 0 aliphatic rings. The molecular weight excluding hydrogens is 423 g/mol. The van der Waals surface area contributed by atoms with Crippen molar-refractivity contribution in [1.29, 1.82) is 0 Å². The van der Waals surface area contributed by atoms with Crippen LogP contribution in [0.3, 0.4) is 0 Å². The minimum absolute atomic E-state index is 0.221. The van der Waals surface area contributed by atoms with E-state index < -0.39 is 22.5 Å². The number of benzene rings is 2. The highest BCUT2D eigenvalue weighted by molar-refractivity contribution is 7.92. The van der Waals surface area contributed by atoms with Gasteiger partial charge in [0.2, 0.25) is 15.9 Å². The van der Waals surface area contributed by atoms with Gasteiger partial charge in [-0.25, -0.2) is 8.42 Å². The predicted octanol–water partition coefficient (Wildman–Crippen LogP) is 3.65. The summed E-state index contributed by atoms with van der Waals surface area (Å²) in [5, 5.41) is 3.28. The van der Waals surface area contributed by atoms with Gasteiger partial charge in [0.05, 0.1) is 18.0 Å². The summed E-state index contributed by atoms with van der Waals surface area (Å²) in [4.78, 5) is 12.4. The number of aryl methyl sites for hydroxylation is 1. The summed E-state index contributed by atoms with van der Waals surface area (Å²) in [5.74, 6) is 0.222. The Morgan fingerprint density at radius 3 is 2.25 bits per heavy atom. The SMILES string of the molecule is Cc1ccc(OC[C@@H](C)NC(=O)CN(c2cc(Cl)cc(Cl)c2)S(C)(=O)=O)cc1. The van der Waals surface area contributed by atoms with Crippen LogP contribution in [-0.2, 0) is 14.8 Å². The Morgan fingerprint density at radius 2 is 1.71 bits per heavy atom. The highest BCUT2D eigenvalue weighted by Crippen LogP contribution is 2.26. The van der Waals surface area contributed by atoms with Crippen molar-refractivity contribution in [1.82, 2.24) is 5.32 Å². The van der Waals surface area contributed by atoms with Crippen molar-refractivity contribution in [2.24, 2.45) is 0 Å². The number of hydrogen-bond acceptors (Lipinski definition) is 4. The van der Waals surface area contributed by atoms with Crippen molar-refractivity contribution in [2.75, 3.05) is 23.7 Å². The zero-order valence-electron chi connectivity index (χ0n) is 15.8. The van der Waals surface area contributed by atoms with Crippen LogP contribution in [0.2, 0.25) is 10.0 Å². The molecule has 0 unspecified atom stereocenters. The molecule has 0 aromatic heterocycles. The first-order valence-electron chi connectivity index (χ1n) is 8.47. The van der Waals surface area contributed by atoms with Crippen LogP contribution in [-0.4, -0.2) is 39.8 Å². The van der Waals surface area contributed by atoms with E-state index in [2.05, 4.69) is 5.32 Å². The van der Waals surface area contributed by atoms with E-state index >= 15 is 0 Å². The Labute approximate surface area is 175 Å². The van der Waals surface area contributed by atoms with Crippen LogP contribution in [0.4, 0.5) is 5.69 Å². The zero-order valence-corrected chi connectivity index (χ0v) is 18.1. The Kier molecular flexibility index (Phi) is 7.57. The Bertz CT molecular complexity index is 913. The summed E-state index contributed by atoms with van der Waals surface area (Å²) in [6.45, 7) is 3.60. The zero-order chi connectivity index (χ0) is 20.9. The number of hydrogen-bond donors (Lipinski definition) is 1. The molecule has 1 amide bonds. The van der Waals surface area contributed by atoms with Crippen molar-refractivity contribution >= 4 is 44.8 Å². The number of carbonyl (C=O) groups is 1. The Morgan fingerprint density at radius 1 is 1.14 bits per heavy atom. The lowest BCUT2D eigenvalue weighted by Crippen LogP contribution is -2.44. The van der Waals surface area contributed by atoms with Crippen LogP contribution in [0.25, 0.3) is 0 Å². The Balaban J connectivity index is 2.00. The molecule has 2 aromatic rings. The van der Waals surface area contributed by atoms with Crippen molar-refractivity contribution in [3.63, 3.8) is 0 Å². The van der Waals surface area contributed by atoms with Gasteiger partial charge in [-0.3, -0.25) is 9.10 Å². The fraction of sp³-hybridized carbons (Fsp3) is 0.316. The molecule has 0 heterocycles. The Hall–Kier alpha value is -1.96. The standard InChI is InChI=1S/C19H22Cl2N2O4S/c1-13-4-6-18(7-5-13)27-12-14(2)22-19(24)11-23(28(3,25)26)17-9-15(20)8-16(21)10-17/h4-10,14H,11-12H2,1-3H3,(H,22,24)/t14-/m1/s1. The van der Waals surface area contributed by atoms with E-state index in [1.165, 1.54) is 18.2 Å². The van der Waals surface area contributed by atoms with Gasteiger partial charge in [0.1, 0.15) is 18.9 Å². The van der Waals surface area contributed by atoms with E-state index in [0.717, 1.165) is 16.1 Å². The van der Waals surface area contributed by atoms with E-state index in [9.17, 15) is 13.2 Å². The first-order chi connectivity index (χ1) is 13.0. The van der Waals surface area contributed by atoms with Gasteiger partial charge in [-0.05, 0) is 44.2 Å². The predicted molar refractivity (Wildman–Crippen MR) is 113 cm³/mol. The summed E-state index contributed by atoms with van der Waals surface area (Å²) in [7, 11) is -3.72. The molecular formula is C19H22Cl2N2O4S. The van der Waals surface area contributed by atoms with Gasteiger partial charge in [0.25, 0.3) is 0 Å². The van der Waals surface area contributed by atoms with Crippen LogP contribution >= 0.6 is 23.2 Å². The van der Waals surface area contributed by atoms with E-state index in [1.54, 1.807) is 6.92 Å². The van der Waals surface area contributed by atoms with Crippen molar-refractivity contribution in [2.45, 2.75) is 19.9 Å². The van der Waals surface area contributed by atoms with Crippen molar-refractivity contribution in [3.8, 4) is 5.75 Å². The van der Waals surface area contributed by atoms with Crippen LogP contribution in [0, 0.1) is 6.92 Å². The maximum absolute atomic E-state index is 12.4. The highest BCUT2D eigenvalue weighted by Gasteiger charge is 2.22. The molecule has 9 heteroatoms. The third-order valence-corrected chi connectivity index (χ3v) is 5.33. The smallest absolute Gasteiger partial charge is 0.241 e.